The van der Waals surface area contributed by atoms with E-state index in [4.69, 9.17) is 14.7 Å². The first-order valence-electron chi connectivity index (χ1n) is 4.12. The second-order valence-corrected chi connectivity index (χ2v) is 2.77. The highest BCUT2D eigenvalue weighted by atomic mass is 16.6. The molecule has 1 aliphatic heterocycles. The van der Waals surface area contributed by atoms with Crippen LogP contribution in [0, 0.1) is 11.3 Å². The van der Waals surface area contributed by atoms with Crippen LogP contribution in [0.15, 0.2) is 0 Å². The van der Waals surface area contributed by atoms with E-state index in [1.165, 1.54) is 4.90 Å². The van der Waals surface area contributed by atoms with Gasteiger partial charge in [-0.1, -0.05) is 0 Å². The lowest BCUT2D eigenvalue weighted by Crippen LogP contribution is -2.42. The Morgan fingerprint density at radius 2 is 2.62 bits per heavy atom. The topological polar surface area (TPSA) is 62.6 Å². The minimum absolute atomic E-state index is 0.421. The van der Waals surface area contributed by atoms with E-state index >= 15 is 0 Å². The van der Waals surface area contributed by atoms with Crippen molar-refractivity contribution in [1.82, 2.24) is 4.90 Å². The Kier molecular flexibility index (Phi) is 3.53. The molecule has 13 heavy (non-hydrogen) atoms. The van der Waals surface area contributed by atoms with Crippen molar-refractivity contribution < 1.29 is 14.3 Å². The number of cyclic esters (lactones) is 1. The van der Waals surface area contributed by atoms with Gasteiger partial charge in [-0.3, -0.25) is 0 Å². The SMILES string of the molecule is COCCN1CCC(C#N)OC1=O. The van der Waals surface area contributed by atoms with E-state index in [2.05, 4.69) is 0 Å². The molecule has 0 aromatic heterocycles. The Balaban J connectivity index is 2.36. The molecule has 0 N–H and O–H groups in total. The van der Waals surface area contributed by atoms with Crippen molar-refractivity contribution in [3.63, 3.8) is 0 Å². The van der Waals surface area contributed by atoms with Gasteiger partial charge in [-0.2, -0.15) is 5.26 Å². The van der Waals surface area contributed by atoms with Gasteiger partial charge >= 0.3 is 6.09 Å². The van der Waals surface area contributed by atoms with E-state index in [-0.39, 0.29) is 0 Å². The molecule has 1 unspecified atom stereocenters. The average molecular weight is 184 g/mol. The van der Waals surface area contributed by atoms with Gasteiger partial charge < -0.3 is 14.4 Å². The van der Waals surface area contributed by atoms with E-state index < -0.39 is 12.2 Å². The number of amides is 1. The van der Waals surface area contributed by atoms with Crippen molar-refractivity contribution in [3.05, 3.63) is 0 Å². The normalized spacial score (nSPS) is 22.3. The molecule has 5 nitrogen and oxygen atoms in total. The quantitative estimate of drug-likeness (QED) is 0.635. The third-order valence-corrected chi connectivity index (χ3v) is 1.87. The van der Waals surface area contributed by atoms with Gasteiger partial charge in [0.1, 0.15) is 6.07 Å². The van der Waals surface area contributed by atoms with Crippen LogP contribution in [0.1, 0.15) is 6.42 Å². The Bertz CT molecular complexity index is 224. The first-order valence-corrected chi connectivity index (χ1v) is 4.12. The molecule has 0 saturated carbocycles. The van der Waals surface area contributed by atoms with Gasteiger partial charge in [0.05, 0.1) is 6.61 Å². The number of ether oxygens (including phenoxy) is 2. The molecule has 0 aliphatic carbocycles. The molecule has 1 atom stereocenters. The number of rotatable bonds is 3. The lowest BCUT2D eigenvalue weighted by molar-refractivity contribution is 0.0381. The summed E-state index contributed by atoms with van der Waals surface area (Å²) in [5, 5.41) is 8.50. The maximum absolute atomic E-state index is 11.2. The minimum atomic E-state index is -0.578. The molecule has 0 bridgehead atoms. The van der Waals surface area contributed by atoms with E-state index in [0.29, 0.717) is 26.1 Å². The smallest absolute Gasteiger partial charge is 0.411 e. The van der Waals surface area contributed by atoms with Crippen molar-refractivity contribution >= 4 is 6.09 Å². The molecule has 1 amide bonds. The number of carbonyl (C=O) groups excluding carboxylic acids is 1. The zero-order valence-corrected chi connectivity index (χ0v) is 7.52. The van der Waals surface area contributed by atoms with Crippen LogP contribution in [-0.2, 0) is 9.47 Å². The Morgan fingerprint density at radius 3 is 3.15 bits per heavy atom. The predicted molar refractivity (Wildman–Crippen MR) is 43.9 cm³/mol. The predicted octanol–water partition coefficient (Wildman–Crippen LogP) is 0.367. The first-order chi connectivity index (χ1) is 6.27. The summed E-state index contributed by atoms with van der Waals surface area (Å²) in [6.07, 6.45) is -0.424. The maximum atomic E-state index is 11.2. The average Bonchev–Trinajstić information content (AvgIpc) is 2.16. The Morgan fingerprint density at radius 1 is 1.85 bits per heavy atom. The molecule has 72 valence electrons. The van der Waals surface area contributed by atoms with E-state index in [1.807, 2.05) is 6.07 Å². The van der Waals surface area contributed by atoms with Gasteiger partial charge in [-0.15, -0.1) is 0 Å². The summed E-state index contributed by atoms with van der Waals surface area (Å²) in [7, 11) is 1.58. The summed E-state index contributed by atoms with van der Waals surface area (Å²) >= 11 is 0. The van der Waals surface area contributed by atoms with Crippen LogP contribution < -0.4 is 0 Å². The molecule has 1 heterocycles. The number of hydrogen-bond donors (Lipinski definition) is 0. The van der Waals surface area contributed by atoms with Crippen molar-refractivity contribution in [1.29, 1.82) is 5.26 Å². The molecule has 1 aliphatic rings. The summed E-state index contributed by atoms with van der Waals surface area (Å²) in [4.78, 5) is 12.7. The highest BCUT2D eigenvalue weighted by Crippen LogP contribution is 2.10. The number of nitriles is 1. The summed E-state index contributed by atoms with van der Waals surface area (Å²) < 4.78 is 9.65. The van der Waals surface area contributed by atoms with Crippen LogP contribution >= 0.6 is 0 Å². The molecule has 0 radical (unpaired) electrons. The number of hydrogen-bond acceptors (Lipinski definition) is 4. The molecular weight excluding hydrogens is 172 g/mol. The molecular formula is C8H12N2O3. The van der Waals surface area contributed by atoms with Crippen molar-refractivity contribution in [2.75, 3.05) is 26.8 Å². The second-order valence-electron chi connectivity index (χ2n) is 2.77. The fourth-order valence-corrected chi connectivity index (χ4v) is 1.12. The Labute approximate surface area is 76.8 Å². The third kappa shape index (κ3) is 2.60. The largest absolute Gasteiger partial charge is 0.431 e. The van der Waals surface area contributed by atoms with Gasteiger partial charge in [0, 0.05) is 26.6 Å². The highest BCUT2D eigenvalue weighted by Gasteiger charge is 2.26. The molecule has 1 saturated heterocycles. The van der Waals surface area contributed by atoms with Gasteiger partial charge in [0.2, 0.25) is 0 Å². The molecule has 1 rings (SSSR count). The van der Waals surface area contributed by atoms with Crippen LogP contribution in [0.5, 0.6) is 0 Å². The molecule has 1 fully saturated rings. The fraction of sp³-hybridized carbons (Fsp3) is 0.750. The minimum Gasteiger partial charge on any atom is -0.431 e. The third-order valence-electron chi connectivity index (χ3n) is 1.87. The summed E-state index contributed by atoms with van der Waals surface area (Å²) in [6.45, 7) is 1.58. The van der Waals surface area contributed by atoms with Crippen molar-refractivity contribution in [3.8, 4) is 6.07 Å². The van der Waals surface area contributed by atoms with Crippen LogP contribution in [-0.4, -0.2) is 43.9 Å². The van der Waals surface area contributed by atoms with E-state index in [0.717, 1.165) is 0 Å². The van der Waals surface area contributed by atoms with Gasteiger partial charge in [0.15, 0.2) is 6.10 Å². The van der Waals surface area contributed by atoms with Crippen LogP contribution in [0.3, 0.4) is 0 Å². The highest BCUT2D eigenvalue weighted by molar-refractivity contribution is 5.68. The maximum Gasteiger partial charge on any atom is 0.411 e. The molecule has 0 aromatic rings. The number of methoxy groups -OCH3 is 1. The summed E-state index contributed by atoms with van der Waals surface area (Å²) in [5.41, 5.74) is 0. The van der Waals surface area contributed by atoms with E-state index in [1.54, 1.807) is 7.11 Å². The number of carbonyl (C=O) groups is 1. The van der Waals surface area contributed by atoms with Crippen LogP contribution in [0.4, 0.5) is 4.79 Å². The Hall–Kier alpha value is -1.28. The summed E-state index contributed by atoms with van der Waals surface area (Å²) in [5.74, 6) is 0. The second kappa shape index (κ2) is 4.67. The lowest BCUT2D eigenvalue weighted by Gasteiger charge is -2.28. The zero-order chi connectivity index (χ0) is 9.68. The van der Waals surface area contributed by atoms with Crippen LogP contribution in [0.25, 0.3) is 0 Å². The van der Waals surface area contributed by atoms with Gasteiger partial charge in [-0.05, 0) is 0 Å². The fourth-order valence-electron chi connectivity index (χ4n) is 1.12. The van der Waals surface area contributed by atoms with E-state index in [9.17, 15) is 4.79 Å². The van der Waals surface area contributed by atoms with Crippen molar-refractivity contribution in [2.45, 2.75) is 12.5 Å². The van der Waals surface area contributed by atoms with Crippen molar-refractivity contribution in [2.24, 2.45) is 0 Å². The molecule has 5 heteroatoms. The standard InChI is InChI=1S/C8H12N2O3/c1-12-5-4-10-3-2-7(6-9)13-8(10)11/h7H,2-5H2,1H3. The monoisotopic (exact) mass is 184 g/mol. The number of nitrogens with zero attached hydrogens (tertiary/aromatic N) is 2. The van der Waals surface area contributed by atoms with Gasteiger partial charge in [0.25, 0.3) is 0 Å². The summed E-state index contributed by atoms with van der Waals surface area (Å²) in [6, 6.07) is 1.91. The zero-order valence-electron chi connectivity index (χ0n) is 7.52. The first kappa shape index (κ1) is 9.81. The molecule has 0 aromatic carbocycles. The lowest BCUT2D eigenvalue weighted by atomic mass is 10.2. The molecule has 0 spiro atoms. The van der Waals surface area contributed by atoms with Crippen LogP contribution in [0.2, 0.25) is 0 Å². The van der Waals surface area contributed by atoms with Gasteiger partial charge in [-0.25, -0.2) is 4.79 Å².